The van der Waals surface area contributed by atoms with Gasteiger partial charge in [-0.25, -0.2) is 0 Å². The van der Waals surface area contributed by atoms with Gasteiger partial charge >= 0.3 is 0 Å². The van der Waals surface area contributed by atoms with Crippen molar-refractivity contribution in [3.63, 3.8) is 0 Å². The molecule has 33 heavy (non-hydrogen) atoms. The molecule has 0 aliphatic heterocycles. The van der Waals surface area contributed by atoms with Crippen LogP contribution in [0.1, 0.15) is 11.1 Å². The number of hydrogen-bond acceptors (Lipinski definition) is 6. The molecule has 0 fully saturated rings. The summed E-state index contributed by atoms with van der Waals surface area (Å²) >= 11 is 0. The van der Waals surface area contributed by atoms with E-state index in [1.165, 1.54) is 0 Å². The number of azo groups is 1. The van der Waals surface area contributed by atoms with E-state index in [4.69, 9.17) is 9.47 Å². The highest BCUT2D eigenvalue weighted by atomic mass is 16.5. The molecule has 8 heteroatoms. The average Bonchev–Trinajstić information content (AvgIpc) is 3.23. The molecule has 0 saturated carbocycles. The molecule has 3 N–H and O–H groups in total. The Labute approximate surface area is 190 Å². The van der Waals surface area contributed by atoms with Crippen LogP contribution in [0.5, 0.6) is 11.5 Å². The molecule has 3 aromatic carbocycles. The lowest BCUT2D eigenvalue weighted by Gasteiger charge is -2.09. The third kappa shape index (κ3) is 4.56. The number of nitrogens with one attached hydrogen (secondary N) is 2. The zero-order chi connectivity index (χ0) is 23.4. The predicted octanol–water partition coefficient (Wildman–Crippen LogP) is 5.27. The Morgan fingerprint density at radius 1 is 0.879 bits per heavy atom. The van der Waals surface area contributed by atoms with Crippen LogP contribution in [-0.2, 0) is 6.61 Å². The van der Waals surface area contributed by atoms with Crippen molar-refractivity contribution in [2.45, 2.75) is 13.5 Å². The zero-order valence-corrected chi connectivity index (χ0v) is 18.5. The quantitative estimate of drug-likeness (QED) is 0.337. The number of aliphatic hydroxyl groups excluding tert-OH is 1. The molecule has 0 aliphatic carbocycles. The second-order valence-electron chi connectivity index (χ2n) is 7.42. The van der Waals surface area contributed by atoms with Crippen molar-refractivity contribution in [1.29, 1.82) is 0 Å². The summed E-state index contributed by atoms with van der Waals surface area (Å²) in [6.45, 7) is 2.01. The van der Waals surface area contributed by atoms with Gasteiger partial charge in [0.2, 0.25) is 0 Å². The van der Waals surface area contributed by atoms with Crippen molar-refractivity contribution in [2.75, 3.05) is 14.2 Å². The van der Waals surface area contributed by atoms with Crippen LogP contribution in [0.25, 0.3) is 22.4 Å². The molecule has 1 aromatic heterocycles. The molecule has 1 heterocycles. The normalized spacial score (nSPS) is 11.2. The van der Waals surface area contributed by atoms with Gasteiger partial charge < -0.3 is 14.6 Å². The molecule has 168 valence electrons. The molecule has 0 atom stereocenters. The molecule has 0 spiro atoms. The number of methoxy groups -OCH3 is 2. The van der Waals surface area contributed by atoms with Crippen LogP contribution >= 0.6 is 0 Å². The third-order valence-electron chi connectivity index (χ3n) is 5.36. The molecule has 0 saturated heterocycles. The fraction of sp³-hybridized carbons (Fsp3) is 0.160. The lowest BCUT2D eigenvalue weighted by molar-refractivity contribution is 0.282. The summed E-state index contributed by atoms with van der Waals surface area (Å²) in [5.41, 5.74) is 5.33. The lowest BCUT2D eigenvalue weighted by Crippen LogP contribution is -1.96. The van der Waals surface area contributed by atoms with Crippen LogP contribution in [-0.4, -0.2) is 29.5 Å². The zero-order valence-electron chi connectivity index (χ0n) is 18.5. The Kier molecular flexibility index (Phi) is 6.37. The van der Waals surface area contributed by atoms with Crippen LogP contribution in [0.3, 0.4) is 0 Å². The number of ether oxygens (including phenoxy) is 2. The second-order valence-corrected chi connectivity index (χ2v) is 7.42. The van der Waals surface area contributed by atoms with Crippen molar-refractivity contribution < 1.29 is 14.6 Å². The van der Waals surface area contributed by atoms with Gasteiger partial charge in [-0.05, 0) is 59.5 Å². The Hall–Kier alpha value is -4.17. The van der Waals surface area contributed by atoms with E-state index < -0.39 is 5.56 Å². The molecule has 0 radical (unpaired) electrons. The van der Waals surface area contributed by atoms with E-state index in [2.05, 4.69) is 20.4 Å². The standard InChI is InChI=1S/C25H24N4O4/c1-15-4-9-18(12-20(15)17-7-5-16(14-30)6-8-17)26-28-24-23(27-29-25(24)31)21-13-19(32-2)10-11-22(21)33-3/h4-13,30H,14H2,1-3H3,(H2,27,29,31). The Morgan fingerprint density at radius 3 is 2.36 bits per heavy atom. The first kappa shape index (κ1) is 22.0. The van der Waals surface area contributed by atoms with Crippen LogP contribution in [0, 0.1) is 6.92 Å². The van der Waals surface area contributed by atoms with E-state index in [1.807, 2.05) is 49.4 Å². The minimum absolute atomic E-state index is 0.000859. The molecule has 0 unspecified atom stereocenters. The Balaban J connectivity index is 1.72. The smallest absolute Gasteiger partial charge is 0.292 e. The monoisotopic (exact) mass is 444 g/mol. The molecular weight excluding hydrogens is 420 g/mol. The number of hydrogen-bond donors (Lipinski definition) is 3. The highest BCUT2D eigenvalue weighted by molar-refractivity contribution is 5.77. The van der Waals surface area contributed by atoms with Crippen LogP contribution in [0.4, 0.5) is 11.4 Å². The maximum Gasteiger partial charge on any atom is 0.292 e. The van der Waals surface area contributed by atoms with Crippen molar-refractivity contribution in [3.8, 4) is 33.9 Å². The average molecular weight is 444 g/mol. The summed E-state index contributed by atoms with van der Waals surface area (Å²) in [6, 6.07) is 18.7. The lowest BCUT2D eigenvalue weighted by atomic mass is 9.99. The fourth-order valence-corrected chi connectivity index (χ4v) is 3.53. The van der Waals surface area contributed by atoms with Crippen molar-refractivity contribution in [3.05, 3.63) is 82.1 Å². The molecule has 0 bridgehead atoms. The Bertz CT molecular complexity index is 1350. The first-order chi connectivity index (χ1) is 16.0. The van der Waals surface area contributed by atoms with Crippen LogP contribution in [0.15, 0.2) is 75.7 Å². The van der Waals surface area contributed by atoms with E-state index in [1.54, 1.807) is 32.4 Å². The topological polar surface area (TPSA) is 112 Å². The summed E-state index contributed by atoms with van der Waals surface area (Å²) in [5.74, 6) is 1.18. The predicted molar refractivity (Wildman–Crippen MR) is 127 cm³/mol. The highest BCUT2D eigenvalue weighted by Gasteiger charge is 2.17. The van der Waals surface area contributed by atoms with E-state index in [-0.39, 0.29) is 12.3 Å². The molecule has 4 aromatic rings. The number of rotatable bonds is 7. The largest absolute Gasteiger partial charge is 0.497 e. The first-order valence-electron chi connectivity index (χ1n) is 10.3. The Morgan fingerprint density at radius 2 is 1.67 bits per heavy atom. The number of aryl methyl sites for hydroxylation is 1. The van der Waals surface area contributed by atoms with E-state index >= 15 is 0 Å². The number of nitrogens with zero attached hydrogens (tertiary/aromatic N) is 2. The van der Waals surface area contributed by atoms with Crippen LogP contribution < -0.4 is 15.0 Å². The van der Waals surface area contributed by atoms with Crippen molar-refractivity contribution in [1.82, 2.24) is 10.2 Å². The molecule has 8 nitrogen and oxygen atoms in total. The van der Waals surface area contributed by atoms with Gasteiger partial charge in [0.15, 0.2) is 5.69 Å². The molecular formula is C25H24N4O4. The van der Waals surface area contributed by atoms with Gasteiger partial charge in [-0.15, -0.1) is 5.11 Å². The van der Waals surface area contributed by atoms with Gasteiger partial charge in [0.25, 0.3) is 5.56 Å². The number of aromatic amines is 2. The summed E-state index contributed by atoms with van der Waals surface area (Å²) in [6.07, 6.45) is 0. The molecule has 0 amide bonds. The van der Waals surface area contributed by atoms with Gasteiger partial charge in [-0.2, -0.15) is 5.11 Å². The van der Waals surface area contributed by atoms with Gasteiger partial charge in [0.1, 0.15) is 11.5 Å². The van der Waals surface area contributed by atoms with E-state index in [9.17, 15) is 9.90 Å². The number of aromatic nitrogens is 2. The van der Waals surface area contributed by atoms with Gasteiger partial charge in [-0.3, -0.25) is 15.0 Å². The molecule has 0 aliphatic rings. The van der Waals surface area contributed by atoms with Gasteiger partial charge in [-0.1, -0.05) is 30.3 Å². The summed E-state index contributed by atoms with van der Waals surface area (Å²) in [4.78, 5) is 12.5. The van der Waals surface area contributed by atoms with E-state index in [0.29, 0.717) is 28.4 Å². The first-order valence-corrected chi connectivity index (χ1v) is 10.3. The number of H-pyrrole nitrogens is 2. The third-order valence-corrected chi connectivity index (χ3v) is 5.36. The fourth-order valence-electron chi connectivity index (χ4n) is 3.53. The molecule has 4 rings (SSSR count). The maximum absolute atomic E-state index is 12.5. The SMILES string of the molecule is COc1ccc(OC)c(-c2[nH][nH]c(=O)c2N=Nc2ccc(C)c(-c3ccc(CO)cc3)c2)c1. The van der Waals surface area contributed by atoms with Crippen molar-refractivity contribution in [2.24, 2.45) is 10.2 Å². The highest BCUT2D eigenvalue weighted by Crippen LogP contribution is 2.36. The van der Waals surface area contributed by atoms with Gasteiger partial charge in [0, 0.05) is 5.56 Å². The number of aliphatic hydroxyl groups is 1. The van der Waals surface area contributed by atoms with E-state index in [0.717, 1.165) is 22.3 Å². The minimum atomic E-state index is -0.398. The van der Waals surface area contributed by atoms with Crippen molar-refractivity contribution >= 4 is 11.4 Å². The maximum atomic E-state index is 12.5. The van der Waals surface area contributed by atoms with Crippen LogP contribution in [0.2, 0.25) is 0 Å². The summed E-state index contributed by atoms with van der Waals surface area (Å²) in [5, 5.41) is 23.3. The number of benzene rings is 3. The summed E-state index contributed by atoms with van der Waals surface area (Å²) < 4.78 is 10.7. The van der Waals surface area contributed by atoms with Gasteiger partial charge in [0.05, 0.1) is 32.2 Å². The minimum Gasteiger partial charge on any atom is -0.497 e. The second kappa shape index (κ2) is 9.54. The summed E-state index contributed by atoms with van der Waals surface area (Å²) in [7, 11) is 3.12.